The van der Waals surface area contributed by atoms with Gasteiger partial charge < -0.3 is 15.5 Å². The number of hydrogen-bond acceptors (Lipinski definition) is 3. The van der Waals surface area contributed by atoms with E-state index in [9.17, 15) is 9.90 Å². The highest BCUT2D eigenvalue weighted by Gasteiger charge is 2.35. The maximum Gasteiger partial charge on any atom is 0.335 e. The lowest BCUT2D eigenvalue weighted by Gasteiger charge is -2.38. The Balaban J connectivity index is 2.17. The molecule has 18 heavy (non-hydrogen) atoms. The monoisotopic (exact) mass is 249 g/mol. The van der Waals surface area contributed by atoms with Gasteiger partial charge in [-0.15, -0.1) is 0 Å². The minimum atomic E-state index is -0.921. The molecule has 0 amide bonds. The molecule has 1 fully saturated rings. The van der Waals surface area contributed by atoms with Gasteiger partial charge >= 0.3 is 5.97 Å². The van der Waals surface area contributed by atoms with Gasteiger partial charge in [0.1, 0.15) is 0 Å². The van der Waals surface area contributed by atoms with Gasteiger partial charge in [0.25, 0.3) is 0 Å². The number of nitrogens with one attached hydrogen (secondary N) is 1. The van der Waals surface area contributed by atoms with Crippen LogP contribution in [-0.2, 0) is 0 Å². The van der Waals surface area contributed by atoms with Gasteiger partial charge in [0, 0.05) is 5.92 Å². The van der Waals surface area contributed by atoms with E-state index in [1.165, 1.54) is 0 Å². The predicted octanol–water partition coefficient (Wildman–Crippen LogP) is 1.60. The lowest BCUT2D eigenvalue weighted by molar-refractivity contribution is -0.0108. The molecule has 4 nitrogen and oxygen atoms in total. The fourth-order valence-corrected chi connectivity index (χ4v) is 2.52. The van der Waals surface area contributed by atoms with E-state index in [2.05, 4.69) is 5.32 Å². The van der Waals surface area contributed by atoms with Crippen molar-refractivity contribution in [3.63, 3.8) is 0 Å². The van der Waals surface area contributed by atoms with E-state index >= 15 is 0 Å². The minimum absolute atomic E-state index is 0.0162. The van der Waals surface area contributed by atoms with Gasteiger partial charge in [0.15, 0.2) is 0 Å². The maximum atomic E-state index is 10.8. The van der Waals surface area contributed by atoms with Crippen molar-refractivity contribution in [3.8, 4) is 0 Å². The smallest absolute Gasteiger partial charge is 0.335 e. The molecule has 4 heteroatoms. The fraction of sp³-hybridized carbons (Fsp3) is 0.500. The Kier molecular flexibility index (Phi) is 3.68. The van der Waals surface area contributed by atoms with E-state index < -0.39 is 11.6 Å². The number of piperidine rings is 1. The van der Waals surface area contributed by atoms with E-state index in [0.29, 0.717) is 0 Å². The first-order chi connectivity index (χ1) is 8.53. The first-order valence-corrected chi connectivity index (χ1v) is 6.29. The average Bonchev–Trinajstić information content (AvgIpc) is 2.39. The van der Waals surface area contributed by atoms with E-state index in [4.69, 9.17) is 5.11 Å². The van der Waals surface area contributed by atoms with E-state index in [-0.39, 0.29) is 11.5 Å². The summed E-state index contributed by atoms with van der Waals surface area (Å²) in [7, 11) is 0. The number of aliphatic hydroxyl groups is 1. The molecule has 0 radical (unpaired) electrons. The second-order valence-electron chi connectivity index (χ2n) is 5.00. The molecule has 1 heterocycles. The number of carboxylic acids is 1. The number of aromatic carboxylic acids is 1. The molecule has 2 rings (SSSR count). The Hall–Kier alpha value is -1.39. The molecule has 1 atom stereocenters. The summed E-state index contributed by atoms with van der Waals surface area (Å²) in [6.07, 6.45) is 1.46. The summed E-state index contributed by atoms with van der Waals surface area (Å²) in [6, 6.07) is 6.79. The SMILES string of the molecule is CC(c1ccc(C(=O)O)cc1)C1(O)CCNCC1. The van der Waals surface area contributed by atoms with Gasteiger partial charge in [-0.2, -0.15) is 0 Å². The van der Waals surface area contributed by atoms with Crippen LogP contribution in [0.15, 0.2) is 24.3 Å². The first-order valence-electron chi connectivity index (χ1n) is 6.29. The third-order valence-corrected chi connectivity index (χ3v) is 3.93. The summed E-state index contributed by atoms with van der Waals surface area (Å²) in [4.78, 5) is 10.8. The maximum absolute atomic E-state index is 10.8. The van der Waals surface area contributed by atoms with Gasteiger partial charge in [-0.3, -0.25) is 0 Å². The predicted molar refractivity (Wildman–Crippen MR) is 68.9 cm³/mol. The van der Waals surface area contributed by atoms with Crippen LogP contribution in [0.5, 0.6) is 0 Å². The topological polar surface area (TPSA) is 69.6 Å². The normalized spacial score (nSPS) is 20.3. The van der Waals surface area contributed by atoms with E-state index in [1.54, 1.807) is 24.3 Å². The van der Waals surface area contributed by atoms with Crippen LogP contribution >= 0.6 is 0 Å². The van der Waals surface area contributed by atoms with Crippen molar-refractivity contribution < 1.29 is 15.0 Å². The Labute approximate surface area is 107 Å². The Morgan fingerprint density at radius 2 is 1.83 bits per heavy atom. The summed E-state index contributed by atoms with van der Waals surface area (Å²) >= 11 is 0. The Bertz CT molecular complexity index is 421. The molecule has 0 spiro atoms. The van der Waals surface area contributed by atoms with Crippen molar-refractivity contribution >= 4 is 5.97 Å². The van der Waals surface area contributed by atoms with Gasteiger partial charge in [0.2, 0.25) is 0 Å². The van der Waals surface area contributed by atoms with Crippen LogP contribution in [0, 0.1) is 0 Å². The zero-order valence-corrected chi connectivity index (χ0v) is 10.5. The molecule has 1 aliphatic rings. The molecular formula is C14H19NO3. The quantitative estimate of drug-likeness (QED) is 0.761. The molecule has 1 aromatic carbocycles. The number of benzene rings is 1. The lowest BCUT2D eigenvalue weighted by atomic mass is 9.77. The highest BCUT2D eigenvalue weighted by molar-refractivity contribution is 5.87. The molecular weight excluding hydrogens is 230 g/mol. The molecule has 0 bridgehead atoms. The highest BCUT2D eigenvalue weighted by Crippen LogP contribution is 2.34. The minimum Gasteiger partial charge on any atom is -0.478 e. The van der Waals surface area contributed by atoms with Gasteiger partial charge in [-0.1, -0.05) is 19.1 Å². The second kappa shape index (κ2) is 5.08. The molecule has 1 aliphatic heterocycles. The summed E-state index contributed by atoms with van der Waals surface area (Å²) in [6.45, 7) is 3.66. The van der Waals surface area contributed by atoms with Crippen molar-refractivity contribution in [1.29, 1.82) is 0 Å². The molecule has 98 valence electrons. The van der Waals surface area contributed by atoms with E-state index in [0.717, 1.165) is 31.5 Å². The molecule has 0 saturated carbocycles. The molecule has 1 saturated heterocycles. The van der Waals surface area contributed by atoms with Crippen molar-refractivity contribution in [3.05, 3.63) is 35.4 Å². The number of rotatable bonds is 3. The zero-order chi connectivity index (χ0) is 13.2. The van der Waals surface area contributed by atoms with Crippen LogP contribution in [0.1, 0.15) is 41.6 Å². The van der Waals surface area contributed by atoms with Crippen LogP contribution < -0.4 is 5.32 Å². The molecule has 1 aromatic rings. The fourth-order valence-electron chi connectivity index (χ4n) is 2.52. The van der Waals surface area contributed by atoms with Gasteiger partial charge in [-0.25, -0.2) is 4.79 Å². The van der Waals surface area contributed by atoms with Crippen LogP contribution in [0.4, 0.5) is 0 Å². The van der Waals surface area contributed by atoms with Crippen molar-refractivity contribution in [2.24, 2.45) is 0 Å². The second-order valence-corrected chi connectivity index (χ2v) is 5.00. The highest BCUT2D eigenvalue weighted by atomic mass is 16.4. The van der Waals surface area contributed by atoms with E-state index in [1.807, 2.05) is 6.92 Å². The van der Waals surface area contributed by atoms with Gasteiger partial charge in [0.05, 0.1) is 11.2 Å². The summed E-state index contributed by atoms with van der Waals surface area (Å²) in [5.74, 6) is -0.905. The molecule has 0 aliphatic carbocycles. The van der Waals surface area contributed by atoms with Crippen LogP contribution in [-0.4, -0.2) is 34.9 Å². The van der Waals surface area contributed by atoms with Crippen LogP contribution in [0.25, 0.3) is 0 Å². The van der Waals surface area contributed by atoms with Crippen molar-refractivity contribution in [2.45, 2.75) is 31.3 Å². The largest absolute Gasteiger partial charge is 0.478 e. The Morgan fingerprint density at radius 1 is 1.28 bits per heavy atom. The zero-order valence-electron chi connectivity index (χ0n) is 10.5. The number of carbonyl (C=O) groups is 1. The molecule has 0 aromatic heterocycles. The van der Waals surface area contributed by atoms with Crippen molar-refractivity contribution in [1.82, 2.24) is 5.32 Å². The standard InChI is InChI=1S/C14H19NO3/c1-10(14(18)6-8-15-9-7-14)11-2-4-12(5-3-11)13(16)17/h2-5,10,15,18H,6-9H2,1H3,(H,16,17). The third kappa shape index (κ3) is 2.54. The third-order valence-electron chi connectivity index (χ3n) is 3.93. The average molecular weight is 249 g/mol. The summed E-state index contributed by atoms with van der Waals surface area (Å²) < 4.78 is 0. The summed E-state index contributed by atoms with van der Waals surface area (Å²) in [5, 5.41) is 22.7. The summed E-state index contributed by atoms with van der Waals surface area (Å²) in [5.41, 5.74) is 0.586. The molecule has 1 unspecified atom stereocenters. The number of carboxylic acid groups (broad SMARTS) is 1. The first kappa shape index (κ1) is 13.1. The van der Waals surface area contributed by atoms with Crippen LogP contribution in [0.2, 0.25) is 0 Å². The van der Waals surface area contributed by atoms with Crippen LogP contribution in [0.3, 0.4) is 0 Å². The Morgan fingerprint density at radius 3 is 2.33 bits per heavy atom. The molecule has 3 N–H and O–H groups in total. The number of hydrogen-bond donors (Lipinski definition) is 3. The lowest BCUT2D eigenvalue weighted by Crippen LogP contribution is -2.45. The van der Waals surface area contributed by atoms with Gasteiger partial charge in [-0.05, 0) is 43.6 Å². The van der Waals surface area contributed by atoms with Crippen molar-refractivity contribution in [2.75, 3.05) is 13.1 Å².